The summed E-state index contributed by atoms with van der Waals surface area (Å²) < 4.78 is 13.1. The number of aromatic nitrogens is 1. The lowest BCUT2D eigenvalue weighted by atomic mass is 10.1. The van der Waals surface area contributed by atoms with E-state index in [1.54, 1.807) is 12.1 Å². The smallest absolute Gasteiger partial charge is 0.123 e. The van der Waals surface area contributed by atoms with Crippen molar-refractivity contribution in [1.29, 1.82) is 0 Å². The molecule has 1 N–H and O–H groups in total. The number of hydrogen-bond acceptors (Lipinski definition) is 0. The molecular formula is C15H12FN. The molecule has 0 unspecified atom stereocenters. The Morgan fingerprint density at radius 2 is 1.82 bits per heavy atom. The highest BCUT2D eigenvalue weighted by Gasteiger charge is 2.05. The summed E-state index contributed by atoms with van der Waals surface area (Å²) in [6.45, 7) is 2.07. The van der Waals surface area contributed by atoms with E-state index in [2.05, 4.69) is 24.0 Å². The molecular weight excluding hydrogens is 213 g/mol. The first-order valence-corrected chi connectivity index (χ1v) is 5.58. The van der Waals surface area contributed by atoms with E-state index in [4.69, 9.17) is 0 Å². The molecule has 0 atom stereocenters. The van der Waals surface area contributed by atoms with Crippen LogP contribution in [0.25, 0.3) is 22.2 Å². The van der Waals surface area contributed by atoms with Crippen LogP contribution in [0.1, 0.15) is 5.56 Å². The molecule has 0 spiro atoms. The molecule has 0 saturated carbocycles. The molecule has 0 aliphatic heterocycles. The SMILES string of the molecule is Cc1ccccc1-c1cc2cc(F)ccc2[nH]1. The first-order valence-electron chi connectivity index (χ1n) is 5.58. The number of fused-ring (bicyclic) bond motifs is 1. The zero-order chi connectivity index (χ0) is 11.8. The minimum absolute atomic E-state index is 0.201. The van der Waals surface area contributed by atoms with E-state index < -0.39 is 0 Å². The van der Waals surface area contributed by atoms with Gasteiger partial charge in [0.2, 0.25) is 0 Å². The van der Waals surface area contributed by atoms with E-state index in [0.29, 0.717) is 0 Å². The van der Waals surface area contributed by atoms with Crippen LogP contribution in [0, 0.1) is 12.7 Å². The second kappa shape index (κ2) is 3.74. The highest BCUT2D eigenvalue weighted by atomic mass is 19.1. The van der Waals surface area contributed by atoms with E-state index in [1.807, 2.05) is 18.2 Å². The van der Waals surface area contributed by atoms with Gasteiger partial charge in [0.25, 0.3) is 0 Å². The number of hydrogen-bond donors (Lipinski definition) is 1. The first-order chi connectivity index (χ1) is 8.24. The first kappa shape index (κ1) is 10.1. The van der Waals surface area contributed by atoms with E-state index in [0.717, 1.165) is 22.2 Å². The Hall–Kier alpha value is -2.09. The Bertz CT molecular complexity index is 682. The monoisotopic (exact) mass is 225 g/mol. The van der Waals surface area contributed by atoms with E-state index in [9.17, 15) is 4.39 Å². The highest BCUT2D eigenvalue weighted by molar-refractivity contribution is 5.86. The minimum atomic E-state index is -0.201. The van der Waals surface area contributed by atoms with Crippen LogP contribution in [0.4, 0.5) is 4.39 Å². The van der Waals surface area contributed by atoms with Crippen LogP contribution in [0.5, 0.6) is 0 Å². The van der Waals surface area contributed by atoms with Gasteiger partial charge in [0.1, 0.15) is 5.82 Å². The van der Waals surface area contributed by atoms with Crippen molar-refractivity contribution >= 4 is 10.9 Å². The van der Waals surface area contributed by atoms with Gasteiger partial charge in [-0.2, -0.15) is 0 Å². The Morgan fingerprint density at radius 3 is 2.65 bits per heavy atom. The third-order valence-corrected chi connectivity index (χ3v) is 3.02. The fourth-order valence-electron chi connectivity index (χ4n) is 2.12. The van der Waals surface area contributed by atoms with Crippen LogP contribution < -0.4 is 0 Å². The maximum atomic E-state index is 13.1. The van der Waals surface area contributed by atoms with Crippen LogP contribution in [0.3, 0.4) is 0 Å². The van der Waals surface area contributed by atoms with Gasteiger partial charge in [-0.25, -0.2) is 4.39 Å². The van der Waals surface area contributed by atoms with E-state index >= 15 is 0 Å². The standard InChI is InChI=1S/C15H12FN/c1-10-4-2-3-5-13(10)15-9-11-8-12(16)6-7-14(11)17-15/h2-9,17H,1H3. The lowest BCUT2D eigenvalue weighted by molar-refractivity contribution is 0.630. The number of benzene rings is 2. The molecule has 1 nitrogen and oxygen atoms in total. The van der Waals surface area contributed by atoms with E-state index in [-0.39, 0.29) is 5.82 Å². The van der Waals surface area contributed by atoms with Crippen molar-refractivity contribution in [2.24, 2.45) is 0 Å². The molecule has 17 heavy (non-hydrogen) atoms. The number of H-pyrrole nitrogens is 1. The van der Waals surface area contributed by atoms with Gasteiger partial charge in [-0.15, -0.1) is 0 Å². The summed E-state index contributed by atoms with van der Waals surface area (Å²) in [6.07, 6.45) is 0. The summed E-state index contributed by atoms with van der Waals surface area (Å²) in [5.41, 5.74) is 4.36. The molecule has 0 saturated heterocycles. The molecule has 0 fully saturated rings. The molecule has 2 aromatic carbocycles. The normalized spacial score (nSPS) is 10.9. The average molecular weight is 225 g/mol. The number of aromatic amines is 1. The molecule has 1 aromatic heterocycles. The number of halogens is 1. The maximum Gasteiger partial charge on any atom is 0.123 e. The maximum absolute atomic E-state index is 13.1. The summed E-state index contributed by atoms with van der Waals surface area (Å²) in [7, 11) is 0. The van der Waals surface area contributed by atoms with Crippen molar-refractivity contribution in [2.45, 2.75) is 6.92 Å². The third-order valence-electron chi connectivity index (χ3n) is 3.02. The summed E-state index contributed by atoms with van der Waals surface area (Å²) in [4.78, 5) is 3.31. The molecule has 0 aliphatic rings. The van der Waals surface area contributed by atoms with Gasteiger partial charge in [-0.05, 0) is 36.8 Å². The van der Waals surface area contributed by atoms with Crippen LogP contribution in [-0.2, 0) is 0 Å². The fraction of sp³-hybridized carbons (Fsp3) is 0.0667. The predicted molar refractivity (Wildman–Crippen MR) is 68.4 cm³/mol. The van der Waals surface area contributed by atoms with Gasteiger partial charge in [0, 0.05) is 22.2 Å². The van der Waals surface area contributed by atoms with Gasteiger partial charge < -0.3 is 4.98 Å². The Labute approximate surface area is 98.9 Å². The van der Waals surface area contributed by atoms with Gasteiger partial charge >= 0.3 is 0 Å². The van der Waals surface area contributed by atoms with Gasteiger partial charge in [-0.3, -0.25) is 0 Å². The Morgan fingerprint density at radius 1 is 1.00 bits per heavy atom. The molecule has 0 amide bonds. The third kappa shape index (κ3) is 1.72. The van der Waals surface area contributed by atoms with Gasteiger partial charge in [0.15, 0.2) is 0 Å². The molecule has 0 aliphatic carbocycles. The van der Waals surface area contributed by atoms with E-state index in [1.165, 1.54) is 11.6 Å². The average Bonchev–Trinajstić information content (AvgIpc) is 2.72. The molecule has 0 radical (unpaired) electrons. The zero-order valence-corrected chi connectivity index (χ0v) is 9.50. The summed E-state index contributed by atoms with van der Waals surface area (Å²) in [6, 6.07) is 14.9. The van der Waals surface area contributed by atoms with Crippen molar-refractivity contribution in [3.63, 3.8) is 0 Å². The molecule has 84 valence electrons. The lowest BCUT2D eigenvalue weighted by Gasteiger charge is -2.01. The second-order valence-electron chi connectivity index (χ2n) is 4.23. The highest BCUT2D eigenvalue weighted by Crippen LogP contribution is 2.26. The molecule has 1 heterocycles. The van der Waals surface area contributed by atoms with Gasteiger partial charge in [0.05, 0.1) is 0 Å². The predicted octanol–water partition coefficient (Wildman–Crippen LogP) is 4.28. The summed E-state index contributed by atoms with van der Waals surface area (Å²) in [5.74, 6) is -0.201. The summed E-state index contributed by atoms with van der Waals surface area (Å²) in [5, 5.41) is 0.906. The topological polar surface area (TPSA) is 15.8 Å². The van der Waals surface area contributed by atoms with Crippen molar-refractivity contribution < 1.29 is 4.39 Å². The number of nitrogens with one attached hydrogen (secondary N) is 1. The second-order valence-corrected chi connectivity index (χ2v) is 4.23. The van der Waals surface area contributed by atoms with Crippen LogP contribution >= 0.6 is 0 Å². The Kier molecular flexibility index (Phi) is 2.22. The fourth-order valence-corrected chi connectivity index (χ4v) is 2.12. The van der Waals surface area contributed by atoms with Crippen molar-refractivity contribution in [1.82, 2.24) is 4.98 Å². The van der Waals surface area contributed by atoms with Crippen LogP contribution in [-0.4, -0.2) is 4.98 Å². The molecule has 3 aromatic rings. The van der Waals surface area contributed by atoms with Gasteiger partial charge in [-0.1, -0.05) is 24.3 Å². The number of rotatable bonds is 1. The van der Waals surface area contributed by atoms with Crippen LogP contribution in [0.2, 0.25) is 0 Å². The van der Waals surface area contributed by atoms with Crippen molar-refractivity contribution in [3.05, 3.63) is 59.9 Å². The minimum Gasteiger partial charge on any atom is -0.355 e. The number of aryl methyl sites for hydroxylation is 1. The largest absolute Gasteiger partial charge is 0.355 e. The van der Waals surface area contributed by atoms with Crippen molar-refractivity contribution in [2.75, 3.05) is 0 Å². The zero-order valence-electron chi connectivity index (χ0n) is 9.50. The van der Waals surface area contributed by atoms with Crippen molar-refractivity contribution in [3.8, 4) is 11.3 Å². The molecule has 3 rings (SSSR count). The quantitative estimate of drug-likeness (QED) is 0.636. The van der Waals surface area contributed by atoms with Crippen LogP contribution in [0.15, 0.2) is 48.5 Å². The molecule has 0 bridgehead atoms. The lowest BCUT2D eigenvalue weighted by Crippen LogP contribution is -1.81. The molecule has 2 heteroatoms. The summed E-state index contributed by atoms with van der Waals surface area (Å²) >= 11 is 0. The Balaban J connectivity index is 2.22.